The summed E-state index contributed by atoms with van der Waals surface area (Å²) in [7, 11) is 1.74. The molecule has 1 N–H and O–H groups in total. The van der Waals surface area contributed by atoms with Crippen LogP contribution >= 0.6 is 0 Å². The number of methoxy groups -OCH3 is 1. The maximum atomic E-state index is 5.54. The van der Waals surface area contributed by atoms with Crippen LogP contribution in [0.3, 0.4) is 0 Å². The van der Waals surface area contributed by atoms with Gasteiger partial charge >= 0.3 is 0 Å². The molecule has 1 fully saturated rings. The van der Waals surface area contributed by atoms with Gasteiger partial charge in [-0.2, -0.15) is 0 Å². The molecular weight excluding hydrogens is 270 g/mol. The van der Waals surface area contributed by atoms with Crippen molar-refractivity contribution >= 4 is 5.69 Å². The number of benzene rings is 2. The van der Waals surface area contributed by atoms with Crippen LogP contribution in [0.5, 0.6) is 5.75 Å². The molecule has 1 aliphatic carbocycles. The molecule has 0 radical (unpaired) electrons. The Labute approximate surface area is 133 Å². The molecule has 2 nitrogen and oxygen atoms in total. The number of rotatable bonds is 4. The van der Waals surface area contributed by atoms with Crippen molar-refractivity contribution in [2.75, 3.05) is 12.4 Å². The quantitative estimate of drug-likeness (QED) is 0.820. The molecule has 1 saturated carbocycles. The molecular formula is C20H25NO. The third-order valence-corrected chi connectivity index (χ3v) is 4.60. The molecule has 0 heterocycles. The Hall–Kier alpha value is -1.96. The van der Waals surface area contributed by atoms with E-state index in [-0.39, 0.29) is 0 Å². The van der Waals surface area contributed by atoms with E-state index in [4.69, 9.17) is 4.74 Å². The highest BCUT2D eigenvalue weighted by Gasteiger charge is 2.19. The molecule has 1 aliphatic rings. The first-order valence-electron chi connectivity index (χ1n) is 8.26. The minimum absolute atomic E-state index is 0.559. The summed E-state index contributed by atoms with van der Waals surface area (Å²) in [5.74, 6) is 1.74. The Morgan fingerprint density at radius 3 is 2.55 bits per heavy atom. The molecule has 22 heavy (non-hydrogen) atoms. The molecule has 0 aliphatic heterocycles. The fourth-order valence-electron chi connectivity index (χ4n) is 3.42. The number of nitrogens with one attached hydrogen (secondary N) is 1. The lowest BCUT2D eigenvalue weighted by atomic mass is 9.87. The van der Waals surface area contributed by atoms with Crippen molar-refractivity contribution in [2.45, 2.75) is 38.6 Å². The number of hydrogen-bond acceptors (Lipinski definition) is 2. The fraction of sp³-hybridized carbons (Fsp3) is 0.400. The van der Waals surface area contributed by atoms with E-state index in [0.29, 0.717) is 6.04 Å². The highest BCUT2D eigenvalue weighted by atomic mass is 16.5. The van der Waals surface area contributed by atoms with Gasteiger partial charge in [0.15, 0.2) is 0 Å². The van der Waals surface area contributed by atoms with Gasteiger partial charge < -0.3 is 10.1 Å². The summed E-state index contributed by atoms with van der Waals surface area (Å²) in [5, 5.41) is 3.72. The Morgan fingerprint density at radius 1 is 1.00 bits per heavy atom. The first-order chi connectivity index (χ1) is 10.8. The van der Waals surface area contributed by atoms with Crippen LogP contribution in [-0.2, 0) is 0 Å². The van der Waals surface area contributed by atoms with Gasteiger partial charge in [0, 0.05) is 6.04 Å². The smallest absolute Gasteiger partial charge is 0.141 e. The van der Waals surface area contributed by atoms with Gasteiger partial charge in [0.2, 0.25) is 0 Å². The fourth-order valence-corrected chi connectivity index (χ4v) is 3.42. The van der Waals surface area contributed by atoms with Crippen molar-refractivity contribution in [3.8, 4) is 16.9 Å². The van der Waals surface area contributed by atoms with E-state index >= 15 is 0 Å². The molecule has 0 aromatic heterocycles. The predicted octanol–water partition coefficient (Wildman–Crippen LogP) is 5.35. The first-order valence-corrected chi connectivity index (χ1v) is 8.26. The molecule has 3 rings (SSSR count). The third kappa shape index (κ3) is 3.44. The Bertz CT molecular complexity index is 608. The average Bonchev–Trinajstić information content (AvgIpc) is 2.56. The van der Waals surface area contributed by atoms with Gasteiger partial charge in [0.25, 0.3) is 0 Å². The third-order valence-electron chi connectivity index (χ3n) is 4.60. The lowest BCUT2D eigenvalue weighted by Crippen LogP contribution is -2.26. The zero-order valence-corrected chi connectivity index (χ0v) is 13.5. The summed E-state index contributed by atoms with van der Waals surface area (Å²) >= 11 is 0. The van der Waals surface area contributed by atoms with E-state index in [0.717, 1.165) is 17.4 Å². The number of ether oxygens (including phenoxy) is 1. The van der Waals surface area contributed by atoms with Crippen LogP contribution in [0.15, 0.2) is 48.5 Å². The van der Waals surface area contributed by atoms with Gasteiger partial charge in [-0.25, -0.2) is 0 Å². The van der Waals surface area contributed by atoms with Crippen LogP contribution in [-0.4, -0.2) is 13.2 Å². The van der Waals surface area contributed by atoms with Crippen LogP contribution in [0, 0.1) is 5.92 Å². The van der Waals surface area contributed by atoms with Crippen molar-refractivity contribution in [2.24, 2.45) is 5.92 Å². The summed E-state index contributed by atoms with van der Waals surface area (Å²) in [6.45, 7) is 2.35. The number of hydrogen-bond donors (Lipinski definition) is 1. The van der Waals surface area contributed by atoms with Gasteiger partial charge in [-0.3, -0.25) is 0 Å². The second-order valence-electron chi connectivity index (χ2n) is 6.39. The topological polar surface area (TPSA) is 21.3 Å². The highest BCUT2D eigenvalue weighted by molar-refractivity contribution is 5.72. The minimum Gasteiger partial charge on any atom is -0.495 e. The van der Waals surface area contributed by atoms with E-state index in [1.165, 1.54) is 36.8 Å². The summed E-state index contributed by atoms with van der Waals surface area (Å²) in [4.78, 5) is 0. The second kappa shape index (κ2) is 6.87. The molecule has 2 aromatic carbocycles. The summed E-state index contributed by atoms with van der Waals surface area (Å²) in [6, 6.07) is 17.5. The highest BCUT2D eigenvalue weighted by Crippen LogP contribution is 2.33. The lowest BCUT2D eigenvalue weighted by molar-refractivity contribution is 0.357. The van der Waals surface area contributed by atoms with Crippen molar-refractivity contribution in [3.05, 3.63) is 48.5 Å². The van der Waals surface area contributed by atoms with Crippen molar-refractivity contribution in [1.29, 1.82) is 0 Å². The van der Waals surface area contributed by atoms with Gasteiger partial charge in [0.1, 0.15) is 5.75 Å². The predicted molar refractivity (Wildman–Crippen MR) is 93.5 cm³/mol. The zero-order chi connectivity index (χ0) is 15.4. The second-order valence-corrected chi connectivity index (χ2v) is 6.39. The molecule has 0 bridgehead atoms. The summed E-state index contributed by atoms with van der Waals surface area (Å²) < 4.78 is 5.54. The van der Waals surface area contributed by atoms with Crippen LogP contribution in [0.25, 0.3) is 11.1 Å². The first kappa shape index (κ1) is 15.0. The van der Waals surface area contributed by atoms with Crippen LogP contribution < -0.4 is 10.1 Å². The Kier molecular flexibility index (Phi) is 4.67. The van der Waals surface area contributed by atoms with E-state index in [1.54, 1.807) is 7.11 Å². The Balaban J connectivity index is 1.85. The molecule has 0 saturated heterocycles. The largest absolute Gasteiger partial charge is 0.495 e. The van der Waals surface area contributed by atoms with Gasteiger partial charge in [-0.15, -0.1) is 0 Å². The molecule has 0 unspecified atom stereocenters. The maximum Gasteiger partial charge on any atom is 0.141 e. The van der Waals surface area contributed by atoms with E-state index in [1.807, 2.05) is 0 Å². The molecule has 116 valence electrons. The van der Waals surface area contributed by atoms with E-state index in [2.05, 4.69) is 60.8 Å². The van der Waals surface area contributed by atoms with E-state index in [9.17, 15) is 0 Å². The van der Waals surface area contributed by atoms with Crippen molar-refractivity contribution < 1.29 is 4.74 Å². The molecule has 0 spiro atoms. The lowest BCUT2D eigenvalue weighted by Gasteiger charge is -2.29. The molecule has 2 atom stereocenters. The molecule has 2 aromatic rings. The van der Waals surface area contributed by atoms with Gasteiger partial charge in [0.05, 0.1) is 12.8 Å². The Morgan fingerprint density at radius 2 is 1.82 bits per heavy atom. The molecule has 0 amide bonds. The van der Waals surface area contributed by atoms with Crippen LogP contribution in [0.1, 0.15) is 32.6 Å². The van der Waals surface area contributed by atoms with E-state index < -0.39 is 0 Å². The van der Waals surface area contributed by atoms with Crippen LogP contribution in [0.4, 0.5) is 5.69 Å². The van der Waals surface area contributed by atoms with Gasteiger partial charge in [-0.05, 0) is 42.0 Å². The average molecular weight is 295 g/mol. The SMILES string of the molecule is COc1ccc(-c2ccccc2)cc1N[C@@H]1CCC[C@@H](C)C1. The monoisotopic (exact) mass is 295 g/mol. The van der Waals surface area contributed by atoms with Gasteiger partial charge in [-0.1, -0.05) is 56.2 Å². The maximum absolute atomic E-state index is 5.54. The zero-order valence-electron chi connectivity index (χ0n) is 13.5. The summed E-state index contributed by atoms with van der Waals surface area (Å²) in [6.07, 6.45) is 5.18. The number of anilines is 1. The van der Waals surface area contributed by atoms with Crippen LogP contribution in [0.2, 0.25) is 0 Å². The standard InChI is InChI=1S/C20H25NO/c1-15-7-6-10-18(13-15)21-19-14-17(11-12-20(19)22-2)16-8-4-3-5-9-16/h3-5,8-9,11-12,14-15,18,21H,6-7,10,13H2,1-2H3/t15-,18-/m1/s1. The van der Waals surface area contributed by atoms with Crippen molar-refractivity contribution in [1.82, 2.24) is 0 Å². The summed E-state index contributed by atoms with van der Waals surface area (Å²) in [5.41, 5.74) is 3.58. The normalized spacial score (nSPS) is 21.4. The van der Waals surface area contributed by atoms with Crippen molar-refractivity contribution in [3.63, 3.8) is 0 Å². The molecule has 2 heteroatoms. The minimum atomic E-state index is 0.559.